The number of rotatable bonds is 3. The molecule has 19 heavy (non-hydrogen) atoms. The van der Waals surface area contributed by atoms with Crippen molar-refractivity contribution in [3.05, 3.63) is 46.7 Å². The van der Waals surface area contributed by atoms with Gasteiger partial charge in [0.25, 0.3) is 0 Å². The summed E-state index contributed by atoms with van der Waals surface area (Å²) in [6.45, 7) is 0.700. The summed E-state index contributed by atoms with van der Waals surface area (Å²) in [5.74, 6) is -0.340. The number of nitrogens with zero attached hydrogens (tertiary/aromatic N) is 3. The number of methoxy groups -OCH3 is 1. The minimum Gasteiger partial charge on any atom is -0.465 e. The van der Waals surface area contributed by atoms with Gasteiger partial charge in [-0.2, -0.15) is 0 Å². The first-order chi connectivity index (χ1) is 9.28. The zero-order valence-corrected chi connectivity index (χ0v) is 11.1. The highest BCUT2D eigenvalue weighted by Gasteiger charge is 2.10. The number of benzene rings is 1. The number of ether oxygens (including phenoxy) is 1. The van der Waals surface area contributed by atoms with Crippen LogP contribution in [-0.2, 0) is 11.3 Å². The van der Waals surface area contributed by atoms with Crippen LogP contribution in [0.3, 0.4) is 0 Å². The summed E-state index contributed by atoms with van der Waals surface area (Å²) in [6, 6.07) is 5.35. The van der Waals surface area contributed by atoms with Gasteiger partial charge < -0.3 is 9.30 Å². The van der Waals surface area contributed by atoms with E-state index in [0.717, 1.165) is 15.9 Å². The molecule has 2 heterocycles. The third-order valence-corrected chi connectivity index (χ3v) is 3.62. The summed E-state index contributed by atoms with van der Waals surface area (Å²) in [4.78, 5) is 21.1. The molecule has 0 aliphatic carbocycles. The smallest absolute Gasteiger partial charge is 0.337 e. The van der Waals surface area contributed by atoms with Gasteiger partial charge in [0.05, 0.1) is 42.1 Å². The van der Waals surface area contributed by atoms with Crippen LogP contribution >= 0.6 is 11.3 Å². The molecule has 0 N–H and O–H groups in total. The van der Waals surface area contributed by atoms with Gasteiger partial charge in [-0.05, 0) is 18.2 Å². The lowest BCUT2D eigenvalue weighted by atomic mass is 10.2. The molecule has 0 atom stereocenters. The first-order valence-electron chi connectivity index (χ1n) is 5.68. The normalized spacial score (nSPS) is 10.8. The molecular formula is C13H11N3O2S. The second-order valence-corrected chi connectivity index (χ2v) is 5.01. The Kier molecular flexibility index (Phi) is 3.00. The lowest BCUT2D eigenvalue weighted by Crippen LogP contribution is -2.02. The topological polar surface area (TPSA) is 57.0 Å². The fourth-order valence-electron chi connectivity index (χ4n) is 1.92. The van der Waals surface area contributed by atoms with Crippen molar-refractivity contribution in [3.63, 3.8) is 0 Å². The molecular weight excluding hydrogens is 262 g/mol. The Morgan fingerprint density at radius 3 is 3.11 bits per heavy atom. The van der Waals surface area contributed by atoms with Gasteiger partial charge in [-0.15, -0.1) is 11.3 Å². The van der Waals surface area contributed by atoms with Gasteiger partial charge in [0, 0.05) is 11.1 Å². The number of thiazole rings is 1. The zero-order valence-electron chi connectivity index (χ0n) is 10.2. The van der Waals surface area contributed by atoms with E-state index in [1.54, 1.807) is 35.3 Å². The van der Waals surface area contributed by atoms with Crippen LogP contribution in [0, 0.1) is 0 Å². The Labute approximate surface area is 113 Å². The predicted molar refractivity (Wildman–Crippen MR) is 72.3 cm³/mol. The van der Waals surface area contributed by atoms with E-state index in [-0.39, 0.29) is 5.97 Å². The summed E-state index contributed by atoms with van der Waals surface area (Å²) in [5.41, 5.74) is 4.10. The molecule has 0 saturated carbocycles. The summed E-state index contributed by atoms with van der Waals surface area (Å²) in [7, 11) is 1.38. The molecule has 0 saturated heterocycles. The Bertz CT molecular complexity index is 719. The Balaban J connectivity index is 2.03. The maximum atomic E-state index is 11.5. The van der Waals surface area contributed by atoms with Crippen LogP contribution in [0.2, 0.25) is 0 Å². The predicted octanol–water partition coefficient (Wildman–Crippen LogP) is 2.33. The van der Waals surface area contributed by atoms with Crippen molar-refractivity contribution in [3.8, 4) is 0 Å². The van der Waals surface area contributed by atoms with Crippen LogP contribution in [0.25, 0.3) is 11.0 Å². The molecule has 3 aromatic rings. The van der Waals surface area contributed by atoms with Gasteiger partial charge >= 0.3 is 5.97 Å². The fraction of sp³-hybridized carbons (Fsp3) is 0.154. The van der Waals surface area contributed by atoms with E-state index >= 15 is 0 Å². The van der Waals surface area contributed by atoms with Crippen molar-refractivity contribution in [2.45, 2.75) is 6.54 Å². The minimum atomic E-state index is -0.340. The summed E-state index contributed by atoms with van der Waals surface area (Å²) in [6.07, 6.45) is 3.60. The van der Waals surface area contributed by atoms with Crippen molar-refractivity contribution in [1.29, 1.82) is 0 Å². The molecule has 3 rings (SSSR count). The van der Waals surface area contributed by atoms with Crippen molar-refractivity contribution >= 4 is 28.3 Å². The lowest BCUT2D eigenvalue weighted by molar-refractivity contribution is 0.0601. The molecule has 6 heteroatoms. The van der Waals surface area contributed by atoms with E-state index < -0.39 is 0 Å². The number of imidazole rings is 1. The van der Waals surface area contributed by atoms with Crippen LogP contribution in [0.4, 0.5) is 0 Å². The van der Waals surface area contributed by atoms with Crippen molar-refractivity contribution < 1.29 is 9.53 Å². The van der Waals surface area contributed by atoms with E-state index in [0.29, 0.717) is 12.1 Å². The van der Waals surface area contributed by atoms with Gasteiger partial charge in [0.1, 0.15) is 0 Å². The first-order valence-corrected chi connectivity index (χ1v) is 6.56. The summed E-state index contributed by atoms with van der Waals surface area (Å²) >= 11 is 1.59. The third kappa shape index (κ3) is 2.22. The standard InChI is InChI=1S/C13H11N3O2S/c1-18-13(17)9-2-3-11-12(4-9)16(7-15-11)6-10-5-14-8-19-10/h2-5,7-8H,6H2,1H3. The molecule has 0 amide bonds. The molecule has 0 unspecified atom stereocenters. The van der Waals surface area contributed by atoms with Crippen molar-refractivity contribution in [2.24, 2.45) is 0 Å². The maximum absolute atomic E-state index is 11.5. The Hall–Kier alpha value is -2.21. The number of esters is 1. The first kappa shape index (κ1) is 11.9. The second kappa shape index (κ2) is 4.81. The largest absolute Gasteiger partial charge is 0.465 e. The average molecular weight is 273 g/mol. The number of carbonyl (C=O) groups excluding carboxylic acids is 1. The molecule has 5 nitrogen and oxygen atoms in total. The van der Waals surface area contributed by atoms with Crippen LogP contribution in [0.5, 0.6) is 0 Å². The van der Waals surface area contributed by atoms with E-state index in [2.05, 4.69) is 9.97 Å². The van der Waals surface area contributed by atoms with Gasteiger partial charge in [-0.1, -0.05) is 0 Å². The molecule has 0 aliphatic rings. The fourth-order valence-corrected chi connectivity index (χ4v) is 2.51. The van der Waals surface area contributed by atoms with Crippen molar-refractivity contribution in [1.82, 2.24) is 14.5 Å². The second-order valence-electron chi connectivity index (χ2n) is 4.04. The molecule has 2 aromatic heterocycles. The zero-order chi connectivity index (χ0) is 13.2. The quantitative estimate of drug-likeness (QED) is 0.687. The number of carbonyl (C=O) groups is 1. The highest BCUT2D eigenvalue weighted by molar-refractivity contribution is 7.09. The molecule has 0 radical (unpaired) electrons. The SMILES string of the molecule is COC(=O)c1ccc2ncn(Cc3cncs3)c2c1. The van der Waals surface area contributed by atoms with Crippen LogP contribution < -0.4 is 0 Å². The van der Waals surface area contributed by atoms with E-state index in [1.165, 1.54) is 7.11 Å². The van der Waals surface area contributed by atoms with Crippen LogP contribution in [0.15, 0.2) is 36.2 Å². The highest BCUT2D eigenvalue weighted by atomic mass is 32.1. The number of hydrogen-bond acceptors (Lipinski definition) is 5. The summed E-state index contributed by atoms with van der Waals surface area (Å²) in [5, 5.41) is 0. The third-order valence-electron chi connectivity index (χ3n) is 2.85. The van der Waals surface area contributed by atoms with E-state index in [4.69, 9.17) is 4.74 Å². The summed E-state index contributed by atoms with van der Waals surface area (Å²) < 4.78 is 6.73. The molecule has 1 aromatic carbocycles. The van der Waals surface area contributed by atoms with Gasteiger partial charge in [0.2, 0.25) is 0 Å². The molecule has 0 fully saturated rings. The Morgan fingerprint density at radius 1 is 1.47 bits per heavy atom. The molecule has 0 aliphatic heterocycles. The molecule has 0 spiro atoms. The van der Waals surface area contributed by atoms with Crippen LogP contribution in [-0.4, -0.2) is 27.6 Å². The lowest BCUT2D eigenvalue weighted by Gasteiger charge is -2.03. The van der Waals surface area contributed by atoms with Gasteiger partial charge in [0.15, 0.2) is 0 Å². The number of aromatic nitrogens is 3. The Morgan fingerprint density at radius 2 is 2.37 bits per heavy atom. The minimum absolute atomic E-state index is 0.340. The van der Waals surface area contributed by atoms with Crippen molar-refractivity contribution in [2.75, 3.05) is 7.11 Å². The highest BCUT2D eigenvalue weighted by Crippen LogP contribution is 2.18. The maximum Gasteiger partial charge on any atom is 0.337 e. The van der Waals surface area contributed by atoms with E-state index in [9.17, 15) is 4.79 Å². The number of fused-ring (bicyclic) bond motifs is 1. The van der Waals surface area contributed by atoms with Gasteiger partial charge in [-0.25, -0.2) is 9.78 Å². The van der Waals surface area contributed by atoms with Gasteiger partial charge in [-0.3, -0.25) is 4.98 Å². The van der Waals surface area contributed by atoms with Crippen LogP contribution in [0.1, 0.15) is 15.2 Å². The number of hydrogen-bond donors (Lipinski definition) is 0. The van der Waals surface area contributed by atoms with E-state index in [1.807, 2.05) is 16.8 Å². The molecule has 96 valence electrons. The average Bonchev–Trinajstić information content (AvgIpc) is 3.08. The molecule has 0 bridgehead atoms. The monoisotopic (exact) mass is 273 g/mol.